The number of aromatic hydroxyl groups is 1. The third kappa shape index (κ3) is 4.80. The van der Waals surface area contributed by atoms with Gasteiger partial charge in [0.25, 0.3) is 11.8 Å². The molecule has 0 spiro atoms. The highest BCUT2D eigenvalue weighted by Crippen LogP contribution is 2.29. The van der Waals surface area contributed by atoms with Crippen molar-refractivity contribution in [2.24, 2.45) is 0 Å². The fourth-order valence-corrected chi connectivity index (χ4v) is 3.37. The molecule has 2 amide bonds. The molecular weight excluding hydrogens is 372 g/mol. The maximum absolute atomic E-state index is 12.5. The predicted octanol–water partition coefficient (Wildman–Crippen LogP) is 3.14. The van der Waals surface area contributed by atoms with Gasteiger partial charge in [-0.25, -0.2) is 0 Å². The first-order valence-corrected chi connectivity index (χ1v) is 9.69. The van der Waals surface area contributed by atoms with E-state index in [1.54, 1.807) is 24.3 Å². The first-order valence-electron chi connectivity index (χ1n) is 9.69. The summed E-state index contributed by atoms with van der Waals surface area (Å²) in [5.41, 5.74) is 7.31. The second-order valence-corrected chi connectivity index (χ2v) is 7.29. The molecule has 0 fully saturated rings. The van der Waals surface area contributed by atoms with Crippen LogP contribution in [0.3, 0.4) is 0 Å². The maximum atomic E-state index is 12.5. The molecule has 2 aromatic carbocycles. The van der Waals surface area contributed by atoms with E-state index in [2.05, 4.69) is 10.9 Å². The number of carbonyl (C=O) groups is 2. The van der Waals surface area contributed by atoms with Crippen LogP contribution in [0.1, 0.15) is 58.5 Å². The number of ether oxygens (including phenoxy) is 2. The van der Waals surface area contributed by atoms with Gasteiger partial charge in [0.1, 0.15) is 5.75 Å². The molecule has 1 aliphatic rings. The van der Waals surface area contributed by atoms with Crippen molar-refractivity contribution in [3.8, 4) is 17.2 Å². The Morgan fingerprint density at radius 2 is 1.62 bits per heavy atom. The van der Waals surface area contributed by atoms with Crippen LogP contribution in [-0.4, -0.2) is 30.1 Å². The van der Waals surface area contributed by atoms with E-state index in [4.69, 9.17) is 9.47 Å². The fourth-order valence-electron chi connectivity index (χ4n) is 3.37. The average molecular weight is 398 g/mol. The third-order valence-corrected chi connectivity index (χ3v) is 4.78. The van der Waals surface area contributed by atoms with Crippen molar-refractivity contribution in [2.45, 2.75) is 45.6 Å². The number of benzene rings is 2. The van der Waals surface area contributed by atoms with E-state index < -0.39 is 11.8 Å². The van der Waals surface area contributed by atoms with Crippen LogP contribution in [0.2, 0.25) is 0 Å². The van der Waals surface area contributed by atoms with Crippen molar-refractivity contribution < 1.29 is 24.2 Å². The van der Waals surface area contributed by atoms with Crippen LogP contribution in [-0.2, 0) is 12.8 Å². The first-order chi connectivity index (χ1) is 13.9. The van der Waals surface area contributed by atoms with E-state index >= 15 is 0 Å². The molecule has 7 nitrogen and oxygen atoms in total. The van der Waals surface area contributed by atoms with E-state index in [1.165, 1.54) is 13.2 Å². The van der Waals surface area contributed by atoms with Crippen LogP contribution in [0, 0.1) is 0 Å². The largest absolute Gasteiger partial charge is 0.507 e. The van der Waals surface area contributed by atoms with Gasteiger partial charge in [0.05, 0.1) is 18.8 Å². The zero-order valence-electron chi connectivity index (χ0n) is 16.9. The summed E-state index contributed by atoms with van der Waals surface area (Å²) in [5, 5.41) is 10.2. The fraction of sp³-hybridized carbons (Fsp3) is 0.364. The van der Waals surface area contributed by atoms with Crippen molar-refractivity contribution in [3.63, 3.8) is 0 Å². The van der Waals surface area contributed by atoms with Gasteiger partial charge in [-0.2, -0.15) is 0 Å². The van der Waals surface area contributed by atoms with E-state index in [0.717, 1.165) is 36.8 Å². The van der Waals surface area contributed by atoms with Gasteiger partial charge in [0.2, 0.25) is 0 Å². The molecule has 3 N–H and O–H groups in total. The molecule has 2 aromatic rings. The summed E-state index contributed by atoms with van der Waals surface area (Å²) < 4.78 is 10.9. The Morgan fingerprint density at radius 1 is 0.966 bits per heavy atom. The summed E-state index contributed by atoms with van der Waals surface area (Å²) >= 11 is 0. The molecule has 7 heteroatoms. The minimum Gasteiger partial charge on any atom is -0.507 e. The molecule has 29 heavy (non-hydrogen) atoms. The Bertz CT molecular complexity index is 924. The summed E-state index contributed by atoms with van der Waals surface area (Å²) in [6.07, 6.45) is 3.89. The van der Waals surface area contributed by atoms with Crippen molar-refractivity contribution >= 4 is 11.8 Å². The Labute approximate surface area is 170 Å². The highest BCUT2D eigenvalue weighted by Gasteiger charge is 2.19. The molecule has 154 valence electrons. The highest BCUT2D eigenvalue weighted by molar-refractivity contribution is 6.00. The van der Waals surface area contributed by atoms with Crippen LogP contribution in [0.25, 0.3) is 0 Å². The van der Waals surface area contributed by atoms with Gasteiger partial charge >= 0.3 is 0 Å². The van der Waals surface area contributed by atoms with Crippen molar-refractivity contribution in [2.75, 3.05) is 7.11 Å². The molecule has 0 aromatic heterocycles. The van der Waals surface area contributed by atoms with E-state index in [0.29, 0.717) is 17.1 Å². The lowest BCUT2D eigenvalue weighted by Gasteiger charge is -2.18. The Balaban J connectivity index is 1.68. The zero-order valence-corrected chi connectivity index (χ0v) is 16.9. The molecule has 0 saturated carbocycles. The number of amides is 2. The van der Waals surface area contributed by atoms with Gasteiger partial charge in [-0.1, -0.05) is 0 Å². The monoisotopic (exact) mass is 398 g/mol. The number of hydrogen-bond donors (Lipinski definition) is 3. The lowest BCUT2D eigenvalue weighted by molar-refractivity contribution is 0.0844. The van der Waals surface area contributed by atoms with Gasteiger partial charge in [-0.15, -0.1) is 0 Å². The molecule has 0 heterocycles. The quantitative estimate of drug-likeness (QED) is 0.673. The summed E-state index contributed by atoms with van der Waals surface area (Å²) in [6.45, 7) is 3.79. The van der Waals surface area contributed by atoms with Crippen LogP contribution in [0.15, 0.2) is 30.3 Å². The molecular formula is C22H26N2O5. The number of carbonyl (C=O) groups excluding carboxylic acids is 2. The average Bonchev–Trinajstić information content (AvgIpc) is 2.71. The number of hydrogen-bond acceptors (Lipinski definition) is 5. The maximum Gasteiger partial charge on any atom is 0.273 e. The van der Waals surface area contributed by atoms with Crippen LogP contribution < -0.4 is 20.3 Å². The number of aryl methyl sites for hydroxylation is 2. The molecule has 0 atom stereocenters. The zero-order chi connectivity index (χ0) is 21.0. The number of phenols is 1. The van der Waals surface area contributed by atoms with Crippen LogP contribution >= 0.6 is 0 Å². The van der Waals surface area contributed by atoms with Gasteiger partial charge in [-0.05, 0) is 81.0 Å². The van der Waals surface area contributed by atoms with Crippen molar-refractivity contribution in [1.29, 1.82) is 0 Å². The molecule has 0 aliphatic heterocycles. The normalized spacial score (nSPS) is 12.8. The highest BCUT2D eigenvalue weighted by atomic mass is 16.5. The molecule has 0 unspecified atom stereocenters. The minimum absolute atomic E-state index is 0.0350. The van der Waals surface area contributed by atoms with E-state index in [9.17, 15) is 14.7 Å². The second kappa shape index (κ2) is 8.86. The lowest BCUT2D eigenvalue weighted by atomic mass is 9.90. The molecule has 0 saturated heterocycles. The summed E-state index contributed by atoms with van der Waals surface area (Å²) in [4.78, 5) is 24.9. The van der Waals surface area contributed by atoms with Gasteiger partial charge in [-0.3, -0.25) is 20.4 Å². The van der Waals surface area contributed by atoms with Gasteiger partial charge in [0.15, 0.2) is 11.5 Å². The molecule has 1 aliphatic carbocycles. The molecule has 0 bridgehead atoms. The molecule has 3 rings (SSSR count). The summed E-state index contributed by atoms with van der Waals surface area (Å²) in [5.74, 6) is -0.220. The first kappa shape index (κ1) is 20.5. The van der Waals surface area contributed by atoms with E-state index in [1.807, 2.05) is 13.8 Å². The standard InChI is InChI=1S/C22H26N2O5/c1-13(2)29-19-9-8-16(12-20(19)28-3)21(26)23-24-22(27)17-10-14-6-4-5-7-15(14)11-18(17)25/h8-13,25H,4-7H2,1-3H3,(H,23,26)(H,24,27). The lowest BCUT2D eigenvalue weighted by Crippen LogP contribution is -2.41. The third-order valence-electron chi connectivity index (χ3n) is 4.78. The Hall–Kier alpha value is -3.22. The smallest absolute Gasteiger partial charge is 0.273 e. The SMILES string of the molecule is COc1cc(C(=O)NNC(=O)c2cc3c(cc2O)CCCC3)ccc1OC(C)C. The van der Waals surface area contributed by atoms with Gasteiger partial charge < -0.3 is 14.6 Å². The number of phenolic OH excluding ortho intramolecular Hbond substituents is 1. The second-order valence-electron chi connectivity index (χ2n) is 7.29. The summed E-state index contributed by atoms with van der Waals surface area (Å²) in [7, 11) is 1.49. The van der Waals surface area contributed by atoms with Gasteiger partial charge in [0, 0.05) is 5.56 Å². The van der Waals surface area contributed by atoms with E-state index in [-0.39, 0.29) is 17.4 Å². The number of rotatable bonds is 5. The number of hydrazine groups is 1. The van der Waals surface area contributed by atoms with Crippen LogP contribution in [0.4, 0.5) is 0 Å². The van der Waals surface area contributed by atoms with Crippen LogP contribution in [0.5, 0.6) is 17.2 Å². The number of fused-ring (bicyclic) bond motifs is 1. The Kier molecular flexibility index (Phi) is 6.26. The van der Waals surface area contributed by atoms with Crippen molar-refractivity contribution in [3.05, 3.63) is 52.6 Å². The molecule has 0 radical (unpaired) electrons. The number of nitrogens with one attached hydrogen (secondary N) is 2. The Morgan fingerprint density at radius 3 is 2.28 bits per heavy atom. The van der Waals surface area contributed by atoms with Crippen molar-refractivity contribution in [1.82, 2.24) is 10.9 Å². The summed E-state index contributed by atoms with van der Waals surface area (Å²) in [6, 6.07) is 8.11. The minimum atomic E-state index is -0.573. The number of methoxy groups -OCH3 is 1. The predicted molar refractivity (Wildman–Crippen MR) is 108 cm³/mol. The topological polar surface area (TPSA) is 96.9 Å².